The van der Waals surface area contributed by atoms with E-state index in [9.17, 15) is 23.1 Å². The van der Waals surface area contributed by atoms with E-state index >= 15 is 0 Å². The molecule has 154 valence electrons. The van der Waals surface area contributed by atoms with Gasteiger partial charge >= 0.3 is 6.18 Å². The zero-order valence-corrected chi connectivity index (χ0v) is 16.4. The Labute approximate surface area is 170 Å². The molecular weight excluding hydrogens is 403 g/mol. The van der Waals surface area contributed by atoms with E-state index in [0.717, 1.165) is 34.8 Å². The Kier molecular flexibility index (Phi) is 6.14. The summed E-state index contributed by atoms with van der Waals surface area (Å²) in [5, 5.41) is 14.7. The fraction of sp³-hybridized carbons (Fsp3) is 0.286. The second-order valence-electron chi connectivity index (χ2n) is 6.62. The number of nitrogens with one attached hydrogen (secondary N) is 1. The number of benzene rings is 1. The molecule has 0 radical (unpaired) electrons. The minimum atomic E-state index is -5.08. The van der Waals surface area contributed by atoms with Gasteiger partial charge in [-0.2, -0.15) is 13.2 Å². The number of aliphatic hydroxyl groups is 1. The van der Waals surface area contributed by atoms with Crippen molar-refractivity contribution in [3.63, 3.8) is 0 Å². The van der Waals surface area contributed by atoms with Gasteiger partial charge in [0.05, 0.1) is 18.7 Å². The van der Waals surface area contributed by atoms with Crippen molar-refractivity contribution in [3.8, 4) is 0 Å². The molecule has 0 saturated carbocycles. The maximum Gasteiger partial charge on any atom is 0.425 e. The van der Waals surface area contributed by atoms with Gasteiger partial charge in [0.25, 0.3) is 0 Å². The van der Waals surface area contributed by atoms with Crippen LogP contribution in [0.15, 0.2) is 64.6 Å². The van der Waals surface area contributed by atoms with Gasteiger partial charge in [0, 0.05) is 4.88 Å². The van der Waals surface area contributed by atoms with Crippen LogP contribution in [-0.4, -0.2) is 17.2 Å². The molecule has 2 aromatic heterocycles. The van der Waals surface area contributed by atoms with Crippen molar-refractivity contribution in [2.24, 2.45) is 0 Å². The first-order chi connectivity index (χ1) is 13.7. The number of aryl methyl sites for hydroxylation is 1. The van der Waals surface area contributed by atoms with E-state index in [2.05, 4.69) is 5.32 Å². The Hall–Kier alpha value is -2.58. The fourth-order valence-corrected chi connectivity index (χ4v) is 3.81. The minimum Gasteiger partial charge on any atom is -0.466 e. The number of rotatable bonds is 7. The first kappa shape index (κ1) is 21.1. The van der Waals surface area contributed by atoms with Crippen LogP contribution in [0, 0.1) is 0 Å². The van der Waals surface area contributed by atoms with E-state index in [1.165, 1.54) is 17.4 Å². The van der Waals surface area contributed by atoms with E-state index in [1.54, 1.807) is 12.1 Å². The maximum absolute atomic E-state index is 13.6. The lowest BCUT2D eigenvalue weighted by Crippen LogP contribution is -2.46. The van der Waals surface area contributed by atoms with Crippen molar-refractivity contribution in [1.82, 2.24) is 5.32 Å². The lowest BCUT2D eigenvalue weighted by atomic mass is 9.94. The molecule has 3 rings (SSSR count). The molecule has 0 fully saturated rings. The van der Waals surface area contributed by atoms with Crippen LogP contribution in [-0.2, 0) is 16.8 Å². The zero-order chi connectivity index (χ0) is 21.1. The summed E-state index contributed by atoms with van der Waals surface area (Å²) in [7, 11) is 0. The molecule has 0 saturated heterocycles. The summed E-state index contributed by atoms with van der Waals surface area (Å²) in [5.41, 5.74) is -1.56. The third kappa shape index (κ3) is 4.54. The van der Waals surface area contributed by atoms with E-state index in [-0.39, 0.29) is 0 Å². The van der Waals surface area contributed by atoms with Crippen LogP contribution in [0.25, 0.3) is 0 Å². The molecule has 0 bridgehead atoms. The second kappa shape index (κ2) is 8.42. The van der Waals surface area contributed by atoms with Gasteiger partial charge in [-0.15, -0.1) is 11.3 Å². The molecule has 8 heteroatoms. The summed E-state index contributed by atoms with van der Waals surface area (Å²) in [6.45, 7) is 2.01. The van der Waals surface area contributed by atoms with E-state index in [4.69, 9.17) is 4.42 Å². The smallest absolute Gasteiger partial charge is 0.425 e. The quantitative estimate of drug-likeness (QED) is 0.565. The van der Waals surface area contributed by atoms with Crippen molar-refractivity contribution < 1.29 is 27.5 Å². The monoisotopic (exact) mass is 423 g/mol. The summed E-state index contributed by atoms with van der Waals surface area (Å²) in [4.78, 5) is 13.4. The number of furan rings is 1. The van der Waals surface area contributed by atoms with E-state index in [1.807, 2.05) is 36.6 Å². The normalized spacial score (nSPS) is 14.9. The van der Waals surface area contributed by atoms with Crippen molar-refractivity contribution in [1.29, 1.82) is 0 Å². The molecule has 0 unspecified atom stereocenters. The molecule has 1 amide bonds. The number of carbonyl (C=O) groups excluding carboxylic acids is 1. The highest BCUT2D eigenvalue weighted by Gasteiger charge is 2.58. The number of hydrogen-bond donors (Lipinski definition) is 2. The molecule has 29 heavy (non-hydrogen) atoms. The van der Waals surface area contributed by atoms with Crippen LogP contribution in [0.2, 0.25) is 0 Å². The van der Waals surface area contributed by atoms with Gasteiger partial charge in [0.1, 0.15) is 5.76 Å². The predicted octanol–water partition coefficient (Wildman–Crippen LogP) is 4.95. The summed E-state index contributed by atoms with van der Waals surface area (Å²) in [5.74, 6) is -1.67. The van der Waals surface area contributed by atoms with Crippen LogP contribution in [0.4, 0.5) is 13.2 Å². The van der Waals surface area contributed by atoms with Crippen LogP contribution in [0.3, 0.4) is 0 Å². The van der Waals surface area contributed by atoms with Gasteiger partial charge in [0.2, 0.25) is 11.5 Å². The SMILES string of the molecule is CCc1ccc([C@@H](NC(=O)C[C@@](O)(c2ccco2)C(F)(F)F)c2cccs2)cc1. The van der Waals surface area contributed by atoms with Gasteiger partial charge in [0.15, 0.2) is 0 Å². The molecular formula is C21H20F3NO3S. The van der Waals surface area contributed by atoms with Gasteiger partial charge in [-0.25, -0.2) is 0 Å². The first-order valence-corrected chi connectivity index (χ1v) is 9.87. The molecule has 2 atom stereocenters. The van der Waals surface area contributed by atoms with Crippen molar-refractivity contribution in [2.75, 3.05) is 0 Å². The number of carbonyl (C=O) groups is 1. The lowest BCUT2D eigenvalue weighted by Gasteiger charge is -2.29. The average Bonchev–Trinajstić information content (AvgIpc) is 3.39. The highest BCUT2D eigenvalue weighted by Crippen LogP contribution is 2.42. The van der Waals surface area contributed by atoms with E-state index in [0.29, 0.717) is 0 Å². The molecule has 0 aliphatic heterocycles. The Morgan fingerprint density at radius 1 is 1.17 bits per heavy atom. The van der Waals surface area contributed by atoms with Crippen molar-refractivity contribution in [2.45, 2.75) is 37.6 Å². The molecule has 2 heterocycles. The number of alkyl halides is 3. The van der Waals surface area contributed by atoms with Gasteiger partial charge < -0.3 is 14.8 Å². The number of thiophene rings is 1. The second-order valence-corrected chi connectivity index (χ2v) is 7.60. The molecule has 1 aromatic carbocycles. The molecule has 3 aromatic rings. The Morgan fingerprint density at radius 3 is 2.41 bits per heavy atom. The molecule has 0 aliphatic rings. The van der Waals surface area contributed by atoms with Crippen molar-refractivity contribution in [3.05, 3.63) is 81.9 Å². The number of hydrogen-bond acceptors (Lipinski definition) is 4. The van der Waals surface area contributed by atoms with Crippen LogP contribution >= 0.6 is 11.3 Å². The standard InChI is InChI=1S/C21H20F3NO3S/c1-2-14-7-9-15(10-8-14)19(16-5-4-12-29-16)25-18(26)13-20(27,21(22,23)24)17-6-3-11-28-17/h3-12,19,27H,2,13H2,1H3,(H,25,26)/t19-,20-/m1/s1. The molecule has 2 N–H and O–H groups in total. The fourth-order valence-electron chi connectivity index (χ4n) is 3.01. The Balaban J connectivity index is 1.86. The van der Waals surface area contributed by atoms with Gasteiger partial charge in [-0.05, 0) is 41.1 Å². The maximum atomic E-state index is 13.6. The Bertz CT molecular complexity index is 921. The largest absolute Gasteiger partial charge is 0.466 e. The van der Waals surface area contributed by atoms with Crippen LogP contribution < -0.4 is 5.32 Å². The summed E-state index contributed by atoms with van der Waals surface area (Å²) >= 11 is 1.38. The number of amides is 1. The van der Waals surface area contributed by atoms with Crippen LogP contribution in [0.1, 0.15) is 41.2 Å². The lowest BCUT2D eigenvalue weighted by molar-refractivity contribution is -0.273. The third-order valence-corrected chi connectivity index (χ3v) is 5.61. The van der Waals surface area contributed by atoms with E-state index < -0.39 is 35.9 Å². The van der Waals surface area contributed by atoms with Gasteiger partial charge in [-0.1, -0.05) is 37.3 Å². The number of halogens is 3. The van der Waals surface area contributed by atoms with Crippen LogP contribution in [0.5, 0.6) is 0 Å². The zero-order valence-electron chi connectivity index (χ0n) is 15.6. The molecule has 0 aliphatic carbocycles. The Morgan fingerprint density at radius 2 is 1.90 bits per heavy atom. The highest BCUT2D eigenvalue weighted by molar-refractivity contribution is 7.10. The minimum absolute atomic E-state index is 0.623. The first-order valence-electron chi connectivity index (χ1n) is 8.99. The summed E-state index contributed by atoms with van der Waals surface area (Å²) in [6.07, 6.45) is -4.42. The highest BCUT2D eigenvalue weighted by atomic mass is 32.1. The van der Waals surface area contributed by atoms with Gasteiger partial charge in [-0.3, -0.25) is 4.79 Å². The third-order valence-electron chi connectivity index (χ3n) is 4.67. The summed E-state index contributed by atoms with van der Waals surface area (Å²) < 4.78 is 45.4. The summed E-state index contributed by atoms with van der Waals surface area (Å²) in [6, 6.07) is 12.7. The van der Waals surface area contributed by atoms with Crippen molar-refractivity contribution >= 4 is 17.2 Å². The predicted molar refractivity (Wildman–Crippen MR) is 103 cm³/mol. The molecule has 4 nitrogen and oxygen atoms in total. The molecule has 0 spiro atoms. The topological polar surface area (TPSA) is 62.5 Å². The average molecular weight is 423 g/mol.